The van der Waals surface area contributed by atoms with Crippen LogP contribution in [0.3, 0.4) is 0 Å². The van der Waals surface area contributed by atoms with Gasteiger partial charge in [-0.25, -0.2) is 4.79 Å². The van der Waals surface area contributed by atoms with E-state index in [1.807, 2.05) is 88.4 Å². The zero-order valence-corrected chi connectivity index (χ0v) is 16.8. The molecule has 5 nitrogen and oxygen atoms in total. The minimum atomic E-state index is -0.832. The Hall–Kier alpha value is -2.66. The summed E-state index contributed by atoms with van der Waals surface area (Å²) in [5.74, 6) is -0.629. The zero-order chi connectivity index (χ0) is 20.3. The Morgan fingerprint density at radius 2 is 1.61 bits per heavy atom. The van der Waals surface area contributed by atoms with E-state index in [4.69, 9.17) is 9.47 Å². The summed E-state index contributed by atoms with van der Waals surface area (Å²) in [7, 11) is 0. The molecule has 1 saturated heterocycles. The molecule has 0 saturated carbocycles. The van der Waals surface area contributed by atoms with Crippen LogP contribution in [-0.2, 0) is 25.7 Å². The van der Waals surface area contributed by atoms with Gasteiger partial charge in [0.25, 0.3) is 5.91 Å². The van der Waals surface area contributed by atoms with E-state index < -0.39 is 23.7 Å². The SMILES string of the molecule is C[C@H](c1ccccc1)N1C(=O)[C@H](OCc2ccccc2)[C@@H]1C(=O)OC(C)(C)C. The molecule has 1 fully saturated rings. The van der Waals surface area contributed by atoms with Gasteiger partial charge in [0, 0.05) is 0 Å². The summed E-state index contributed by atoms with van der Waals surface area (Å²) in [6.07, 6.45) is -0.832. The van der Waals surface area contributed by atoms with E-state index in [0.29, 0.717) is 0 Å². The molecule has 2 aromatic rings. The van der Waals surface area contributed by atoms with Crippen LogP contribution in [0.1, 0.15) is 44.9 Å². The summed E-state index contributed by atoms with van der Waals surface area (Å²) in [4.78, 5) is 27.3. The molecule has 5 heteroatoms. The second-order valence-corrected chi connectivity index (χ2v) is 8.03. The quantitative estimate of drug-likeness (QED) is 0.563. The lowest BCUT2D eigenvalue weighted by molar-refractivity contribution is -0.199. The number of amides is 1. The van der Waals surface area contributed by atoms with E-state index in [2.05, 4.69) is 0 Å². The van der Waals surface area contributed by atoms with E-state index in [1.54, 1.807) is 4.90 Å². The van der Waals surface area contributed by atoms with Gasteiger partial charge in [0.1, 0.15) is 5.60 Å². The summed E-state index contributed by atoms with van der Waals surface area (Å²) in [6.45, 7) is 7.63. The molecule has 1 aliphatic rings. The van der Waals surface area contributed by atoms with Crippen molar-refractivity contribution >= 4 is 11.9 Å². The van der Waals surface area contributed by atoms with Crippen molar-refractivity contribution in [1.29, 1.82) is 0 Å². The van der Waals surface area contributed by atoms with Crippen LogP contribution in [0.2, 0.25) is 0 Å². The van der Waals surface area contributed by atoms with Crippen molar-refractivity contribution in [2.45, 2.75) is 58.1 Å². The normalized spacial score (nSPS) is 20.4. The minimum Gasteiger partial charge on any atom is -0.458 e. The molecule has 0 spiro atoms. The van der Waals surface area contributed by atoms with E-state index in [1.165, 1.54) is 0 Å². The summed E-state index contributed by atoms with van der Waals surface area (Å²) >= 11 is 0. The number of ether oxygens (including phenoxy) is 2. The Morgan fingerprint density at radius 3 is 2.18 bits per heavy atom. The lowest BCUT2D eigenvalue weighted by Gasteiger charge is -2.48. The van der Waals surface area contributed by atoms with Crippen molar-refractivity contribution in [3.63, 3.8) is 0 Å². The third-order valence-corrected chi connectivity index (χ3v) is 4.70. The van der Waals surface area contributed by atoms with Gasteiger partial charge in [-0.2, -0.15) is 0 Å². The highest BCUT2D eigenvalue weighted by Gasteiger charge is 2.55. The van der Waals surface area contributed by atoms with Crippen molar-refractivity contribution in [2.24, 2.45) is 0 Å². The number of likely N-dealkylation sites (tertiary alicyclic amines) is 1. The number of esters is 1. The first-order chi connectivity index (χ1) is 13.3. The fraction of sp³-hybridized carbons (Fsp3) is 0.391. The molecular formula is C23H27NO4. The van der Waals surface area contributed by atoms with Crippen LogP contribution >= 0.6 is 0 Å². The minimum absolute atomic E-state index is 0.192. The van der Waals surface area contributed by atoms with Crippen LogP contribution in [0.15, 0.2) is 60.7 Å². The molecule has 1 heterocycles. The lowest BCUT2D eigenvalue weighted by Crippen LogP contribution is -2.69. The monoisotopic (exact) mass is 381 g/mol. The Bertz CT molecular complexity index is 814. The highest BCUT2D eigenvalue weighted by atomic mass is 16.6. The molecular weight excluding hydrogens is 354 g/mol. The molecule has 0 unspecified atom stereocenters. The van der Waals surface area contributed by atoms with Crippen LogP contribution in [0.4, 0.5) is 0 Å². The van der Waals surface area contributed by atoms with Gasteiger partial charge >= 0.3 is 5.97 Å². The first-order valence-electron chi connectivity index (χ1n) is 9.53. The maximum Gasteiger partial charge on any atom is 0.332 e. The molecule has 0 bridgehead atoms. The van der Waals surface area contributed by atoms with E-state index in [0.717, 1.165) is 11.1 Å². The smallest absolute Gasteiger partial charge is 0.332 e. The second-order valence-electron chi connectivity index (χ2n) is 8.03. The number of benzene rings is 2. The van der Waals surface area contributed by atoms with Crippen molar-refractivity contribution in [3.8, 4) is 0 Å². The maximum absolute atomic E-state index is 12.9. The topological polar surface area (TPSA) is 55.8 Å². The molecule has 3 rings (SSSR count). The van der Waals surface area contributed by atoms with Crippen molar-refractivity contribution in [2.75, 3.05) is 0 Å². The van der Waals surface area contributed by atoms with Gasteiger partial charge in [0.2, 0.25) is 0 Å². The summed E-state index contributed by atoms with van der Waals surface area (Å²) in [5, 5.41) is 0. The third-order valence-electron chi connectivity index (χ3n) is 4.70. The Balaban J connectivity index is 1.79. The van der Waals surface area contributed by atoms with Crippen LogP contribution in [0, 0.1) is 0 Å². The molecule has 2 aromatic carbocycles. The highest BCUT2D eigenvalue weighted by Crippen LogP contribution is 2.35. The largest absolute Gasteiger partial charge is 0.458 e. The number of carbonyl (C=O) groups excluding carboxylic acids is 2. The Kier molecular flexibility index (Phi) is 5.84. The number of carbonyl (C=O) groups is 2. The molecule has 28 heavy (non-hydrogen) atoms. The van der Waals surface area contributed by atoms with Crippen LogP contribution < -0.4 is 0 Å². The average molecular weight is 381 g/mol. The van der Waals surface area contributed by atoms with Gasteiger partial charge in [-0.3, -0.25) is 4.79 Å². The third kappa shape index (κ3) is 4.42. The van der Waals surface area contributed by atoms with Crippen LogP contribution in [-0.4, -0.2) is 34.5 Å². The van der Waals surface area contributed by atoms with Gasteiger partial charge in [0.15, 0.2) is 12.1 Å². The fourth-order valence-corrected chi connectivity index (χ4v) is 3.33. The standard InChI is InChI=1S/C23H27NO4/c1-16(18-13-9-6-10-14-18)24-19(22(26)28-23(2,3)4)20(21(24)25)27-15-17-11-7-5-8-12-17/h5-14,16,19-20H,15H2,1-4H3/t16-,19-,20-/m1/s1. The summed E-state index contributed by atoms with van der Waals surface area (Å²) in [5.41, 5.74) is 1.28. The maximum atomic E-state index is 12.9. The van der Waals surface area contributed by atoms with Crippen LogP contribution in [0.25, 0.3) is 0 Å². The second kappa shape index (κ2) is 8.15. The van der Waals surface area contributed by atoms with E-state index >= 15 is 0 Å². The van der Waals surface area contributed by atoms with E-state index in [9.17, 15) is 9.59 Å². The Labute approximate surface area is 166 Å². The zero-order valence-electron chi connectivity index (χ0n) is 16.8. The molecule has 0 N–H and O–H groups in total. The molecule has 1 amide bonds. The lowest BCUT2D eigenvalue weighted by atomic mass is 9.92. The van der Waals surface area contributed by atoms with Gasteiger partial charge in [-0.1, -0.05) is 60.7 Å². The number of hydrogen-bond donors (Lipinski definition) is 0. The number of nitrogens with zero attached hydrogens (tertiary/aromatic N) is 1. The average Bonchev–Trinajstić information content (AvgIpc) is 2.66. The summed E-state index contributed by atoms with van der Waals surface area (Å²) < 4.78 is 11.4. The molecule has 148 valence electrons. The van der Waals surface area contributed by atoms with Gasteiger partial charge < -0.3 is 14.4 Å². The van der Waals surface area contributed by atoms with E-state index in [-0.39, 0.29) is 18.6 Å². The van der Waals surface area contributed by atoms with Gasteiger partial charge in [0.05, 0.1) is 12.6 Å². The van der Waals surface area contributed by atoms with Crippen molar-refractivity contribution < 1.29 is 19.1 Å². The predicted molar refractivity (Wildman–Crippen MR) is 106 cm³/mol. The molecule has 3 atom stereocenters. The summed E-state index contributed by atoms with van der Waals surface area (Å²) in [6, 6.07) is 18.2. The first kappa shape index (κ1) is 20.1. The predicted octanol–water partition coefficient (Wildman–Crippen LogP) is 3.89. The molecule has 0 aliphatic carbocycles. The molecule has 0 aromatic heterocycles. The number of rotatable bonds is 6. The Morgan fingerprint density at radius 1 is 1.04 bits per heavy atom. The molecule has 1 aliphatic heterocycles. The molecule has 0 radical (unpaired) electrons. The van der Waals surface area contributed by atoms with Crippen molar-refractivity contribution in [1.82, 2.24) is 4.90 Å². The van der Waals surface area contributed by atoms with Gasteiger partial charge in [-0.15, -0.1) is 0 Å². The van der Waals surface area contributed by atoms with Crippen molar-refractivity contribution in [3.05, 3.63) is 71.8 Å². The number of hydrogen-bond acceptors (Lipinski definition) is 4. The number of β-lactam (4-membered cyclic amide) rings is 1. The van der Waals surface area contributed by atoms with Gasteiger partial charge in [-0.05, 0) is 38.8 Å². The fourth-order valence-electron chi connectivity index (χ4n) is 3.33. The first-order valence-corrected chi connectivity index (χ1v) is 9.53. The van der Waals surface area contributed by atoms with Crippen LogP contribution in [0.5, 0.6) is 0 Å². The highest BCUT2D eigenvalue weighted by molar-refractivity contribution is 5.99.